The van der Waals surface area contributed by atoms with Gasteiger partial charge in [-0.15, -0.1) is 5.06 Å². The van der Waals surface area contributed by atoms with E-state index in [-0.39, 0.29) is 19.3 Å². The van der Waals surface area contributed by atoms with E-state index >= 15 is 0 Å². The lowest BCUT2D eigenvalue weighted by Gasteiger charge is -2.12. The van der Waals surface area contributed by atoms with Crippen molar-refractivity contribution in [3.05, 3.63) is 96.4 Å². The van der Waals surface area contributed by atoms with E-state index in [1.807, 2.05) is 85.2 Å². The first-order valence-electron chi connectivity index (χ1n) is 14.1. The van der Waals surface area contributed by atoms with Gasteiger partial charge < -0.3 is 4.84 Å². The van der Waals surface area contributed by atoms with Gasteiger partial charge in [0.15, 0.2) is 12.4 Å². The molecule has 1 aliphatic rings. The van der Waals surface area contributed by atoms with Crippen LogP contribution in [-0.2, 0) is 25.8 Å². The maximum absolute atomic E-state index is 12.1. The van der Waals surface area contributed by atoms with Gasteiger partial charge in [-0.1, -0.05) is 60.7 Å². The molecule has 0 radical (unpaired) electrons. The smallest absolute Gasteiger partial charge is 0.330 e. The number of pyridine rings is 2. The summed E-state index contributed by atoms with van der Waals surface area (Å²) >= 11 is 1.19. The normalized spacial score (nSPS) is 13.3. The van der Waals surface area contributed by atoms with Gasteiger partial charge in [-0.25, -0.2) is 14.3 Å². The van der Waals surface area contributed by atoms with E-state index in [0.29, 0.717) is 18.0 Å². The van der Waals surface area contributed by atoms with Crippen LogP contribution in [0.3, 0.4) is 0 Å². The Balaban J connectivity index is 1.19. The molecule has 2 amide bonds. The molecule has 43 heavy (non-hydrogen) atoms. The lowest BCUT2D eigenvalue weighted by molar-refractivity contribution is -0.697. The third kappa shape index (κ3) is 6.39. The van der Waals surface area contributed by atoms with E-state index in [2.05, 4.69) is 25.4 Å². The van der Waals surface area contributed by atoms with Crippen LogP contribution in [-0.4, -0.2) is 36.6 Å². The minimum Gasteiger partial charge on any atom is -0.330 e. The fourth-order valence-electron chi connectivity index (χ4n) is 4.99. The molecular formula is C33H28N5O4S+. The highest BCUT2D eigenvalue weighted by molar-refractivity contribution is 7.00. The predicted octanol–water partition coefficient (Wildman–Crippen LogP) is 5.66. The number of rotatable bonds is 10. The number of amides is 2. The summed E-state index contributed by atoms with van der Waals surface area (Å²) in [5.74, 6) is -1.51. The molecule has 6 rings (SSSR count). The van der Waals surface area contributed by atoms with Crippen LogP contribution < -0.4 is 4.57 Å². The molecule has 0 aliphatic carbocycles. The third-order valence-electron chi connectivity index (χ3n) is 7.11. The molecule has 0 N–H and O–H groups in total. The van der Waals surface area contributed by atoms with Crippen LogP contribution in [0.15, 0.2) is 85.2 Å². The molecule has 0 unspecified atom stereocenters. The van der Waals surface area contributed by atoms with Crippen LogP contribution in [0, 0.1) is 0 Å². The van der Waals surface area contributed by atoms with Crippen LogP contribution >= 0.6 is 11.7 Å². The number of hydrogen-bond donors (Lipinski definition) is 0. The lowest BCUT2D eigenvalue weighted by Crippen LogP contribution is -2.33. The van der Waals surface area contributed by atoms with Crippen molar-refractivity contribution in [2.24, 2.45) is 0 Å². The second-order valence-corrected chi connectivity index (χ2v) is 10.7. The predicted molar refractivity (Wildman–Crippen MR) is 163 cm³/mol. The number of nitrogens with zero attached hydrogens (tertiary/aromatic N) is 5. The first-order valence-corrected chi connectivity index (χ1v) is 14.8. The summed E-state index contributed by atoms with van der Waals surface area (Å²) in [4.78, 5) is 45.4. The van der Waals surface area contributed by atoms with Gasteiger partial charge >= 0.3 is 5.97 Å². The molecule has 4 heterocycles. The Morgan fingerprint density at radius 3 is 2.30 bits per heavy atom. The van der Waals surface area contributed by atoms with Gasteiger partial charge in [0, 0.05) is 48.4 Å². The highest BCUT2D eigenvalue weighted by Crippen LogP contribution is 2.36. The van der Waals surface area contributed by atoms with Gasteiger partial charge in [0.05, 0.1) is 23.1 Å². The summed E-state index contributed by atoms with van der Waals surface area (Å²) in [6.07, 6.45) is 9.66. The van der Waals surface area contributed by atoms with Gasteiger partial charge in [0.2, 0.25) is 0 Å². The average Bonchev–Trinajstić information content (AvgIpc) is 3.65. The van der Waals surface area contributed by atoms with E-state index < -0.39 is 17.8 Å². The van der Waals surface area contributed by atoms with Crippen LogP contribution in [0.25, 0.3) is 45.6 Å². The van der Waals surface area contributed by atoms with Gasteiger partial charge in [0.25, 0.3) is 11.8 Å². The van der Waals surface area contributed by atoms with Crippen LogP contribution in [0.2, 0.25) is 0 Å². The molecule has 3 aromatic heterocycles. The molecule has 1 saturated heterocycles. The third-order valence-corrected chi connectivity index (χ3v) is 7.64. The van der Waals surface area contributed by atoms with Crippen molar-refractivity contribution in [2.45, 2.75) is 38.6 Å². The highest BCUT2D eigenvalue weighted by Gasteiger charge is 2.32. The number of imide groups is 1. The minimum absolute atomic E-state index is 0.0854. The Kier molecular flexibility index (Phi) is 8.37. The van der Waals surface area contributed by atoms with Crippen molar-refractivity contribution < 1.29 is 23.8 Å². The summed E-state index contributed by atoms with van der Waals surface area (Å²) in [7, 11) is 0. The maximum atomic E-state index is 12.1. The SMILES string of the molecule is O=C(CCCC[n+]1cccc(/C=C/c2nc(-c3ccccc3)c3nsnc3c2-c2ccccc2)c1)ON1C(=O)CCC1=O. The van der Waals surface area contributed by atoms with Crippen molar-refractivity contribution >= 4 is 52.7 Å². The molecule has 5 aromatic rings. The first-order chi connectivity index (χ1) is 21.1. The van der Waals surface area contributed by atoms with Crippen molar-refractivity contribution in [1.82, 2.24) is 18.8 Å². The zero-order chi connectivity index (χ0) is 29.6. The van der Waals surface area contributed by atoms with Gasteiger partial charge in [-0.05, 0) is 30.2 Å². The van der Waals surface area contributed by atoms with Crippen molar-refractivity contribution in [1.29, 1.82) is 0 Å². The fraction of sp³-hybridized carbons (Fsp3) is 0.182. The Hall–Kier alpha value is -5.09. The molecule has 0 saturated carbocycles. The number of hydrogen-bond acceptors (Lipinski definition) is 8. The Morgan fingerprint density at radius 2 is 1.56 bits per heavy atom. The van der Waals surface area contributed by atoms with E-state index in [0.717, 1.165) is 51.1 Å². The first kappa shape index (κ1) is 28.0. The molecule has 0 spiro atoms. The van der Waals surface area contributed by atoms with E-state index in [9.17, 15) is 14.4 Å². The molecule has 1 fully saturated rings. The Bertz CT molecular complexity index is 1810. The summed E-state index contributed by atoms with van der Waals surface area (Å²) in [5, 5.41) is 0.594. The van der Waals surface area contributed by atoms with Crippen molar-refractivity contribution in [3.8, 4) is 22.4 Å². The van der Waals surface area contributed by atoms with Crippen LogP contribution in [0.1, 0.15) is 43.4 Å². The Labute approximate surface area is 252 Å². The number of unbranched alkanes of at least 4 members (excludes halogenated alkanes) is 1. The van der Waals surface area contributed by atoms with Gasteiger partial charge in [-0.3, -0.25) is 9.59 Å². The monoisotopic (exact) mass is 590 g/mol. The molecule has 1 aliphatic heterocycles. The highest BCUT2D eigenvalue weighted by atomic mass is 32.1. The van der Waals surface area contributed by atoms with Crippen LogP contribution in [0.5, 0.6) is 0 Å². The van der Waals surface area contributed by atoms with Crippen LogP contribution in [0.4, 0.5) is 0 Å². The second-order valence-electron chi connectivity index (χ2n) is 10.1. The second kappa shape index (κ2) is 12.8. The fourth-order valence-corrected chi connectivity index (χ4v) is 5.54. The number of aromatic nitrogens is 4. The number of benzene rings is 2. The average molecular weight is 591 g/mol. The molecule has 0 atom stereocenters. The van der Waals surface area contributed by atoms with E-state index in [1.54, 1.807) is 0 Å². The maximum Gasteiger partial charge on any atom is 0.333 e. The molecule has 0 bridgehead atoms. The summed E-state index contributed by atoms with van der Waals surface area (Å²) < 4.78 is 11.4. The zero-order valence-electron chi connectivity index (χ0n) is 23.3. The lowest BCUT2D eigenvalue weighted by atomic mass is 9.99. The zero-order valence-corrected chi connectivity index (χ0v) is 24.1. The number of carbonyl (C=O) groups excluding carboxylic acids is 3. The molecule has 9 nitrogen and oxygen atoms in total. The molecular weight excluding hydrogens is 562 g/mol. The number of carbonyl (C=O) groups is 3. The quantitative estimate of drug-likeness (QED) is 0.117. The van der Waals surface area contributed by atoms with Gasteiger partial charge in [-0.2, -0.15) is 8.75 Å². The topological polar surface area (TPSA) is 106 Å². The number of hydroxylamine groups is 2. The Morgan fingerprint density at radius 1 is 0.860 bits per heavy atom. The standard InChI is InChI=1S/C33H28N5O4S/c39-27-18-19-28(40)38(27)42-29(41)15-7-8-20-37-21-9-10-23(22-37)16-17-26-30(24-11-3-1-4-12-24)32-33(36-43-35-32)31(34-26)25-13-5-2-6-14-25/h1-6,9-14,16-17,21-22H,7-8,15,18-20H2/q+1/b17-16+. The number of fused-ring (bicyclic) bond motifs is 1. The van der Waals surface area contributed by atoms with Gasteiger partial charge in [0.1, 0.15) is 17.6 Å². The molecule has 2 aromatic carbocycles. The van der Waals surface area contributed by atoms with Crippen molar-refractivity contribution in [2.75, 3.05) is 0 Å². The largest absolute Gasteiger partial charge is 0.333 e. The summed E-state index contributed by atoms with van der Waals surface area (Å²) in [5.41, 5.74) is 7.14. The minimum atomic E-state index is -0.575. The molecule has 10 heteroatoms. The van der Waals surface area contributed by atoms with E-state index in [4.69, 9.17) is 9.82 Å². The van der Waals surface area contributed by atoms with E-state index in [1.165, 1.54) is 11.7 Å². The summed E-state index contributed by atoms with van der Waals surface area (Å²) in [6, 6.07) is 24.1. The molecule has 214 valence electrons. The van der Waals surface area contributed by atoms with Crippen molar-refractivity contribution in [3.63, 3.8) is 0 Å². The summed E-state index contributed by atoms with van der Waals surface area (Å²) in [6.45, 7) is 0.693. The number of aryl methyl sites for hydroxylation is 1.